The topological polar surface area (TPSA) is 81.8 Å². The number of carboxylic acid groups (broad SMARTS) is 1. The first-order valence-corrected chi connectivity index (χ1v) is 5.58. The Labute approximate surface area is 102 Å². The third-order valence-corrected chi connectivity index (χ3v) is 2.76. The molecule has 0 bridgehead atoms. The first kappa shape index (κ1) is 11.2. The highest BCUT2D eigenvalue weighted by atomic mass is 16.6. The fraction of sp³-hybridized carbons (Fsp3) is 0.333. The number of ether oxygens (including phenoxy) is 2. The summed E-state index contributed by atoms with van der Waals surface area (Å²) in [6.07, 6.45) is -0.368. The van der Waals surface area contributed by atoms with E-state index in [1.807, 2.05) is 0 Å². The van der Waals surface area contributed by atoms with Crippen LogP contribution in [0.4, 0.5) is 0 Å². The molecular formula is C12H11NO5. The van der Waals surface area contributed by atoms with Crippen molar-refractivity contribution in [3.05, 3.63) is 29.7 Å². The predicted molar refractivity (Wildman–Crippen MR) is 60.5 cm³/mol. The highest BCUT2D eigenvalue weighted by Gasteiger charge is 2.23. The third kappa shape index (κ3) is 1.85. The van der Waals surface area contributed by atoms with Gasteiger partial charge in [0.05, 0.1) is 25.4 Å². The van der Waals surface area contributed by atoms with Crippen LogP contribution >= 0.6 is 0 Å². The summed E-state index contributed by atoms with van der Waals surface area (Å²) in [6, 6.07) is 4.80. The molecule has 1 aromatic carbocycles. The number of carbonyl (C=O) groups is 1. The van der Waals surface area contributed by atoms with Crippen LogP contribution < -0.4 is 0 Å². The van der Waals surface area contributed by atoms with Gasteiger partial charge in [0, 0.05) is 0 Å². The van der Waals surface area contributed by atoms with Crippen molar-refractivity contribution in [1.82, 2.24) is 4.98 Å². The van der Waals surface area contributed by atoms with E-state index in [2.05, 4.69) is 4.98 Å². The predicted octanol–water partition coefficient (Wildman–Crippen LogP) is 1.61. The summed E-state index contributed by atoms with van der Waals surface area (Å²) in [4.78, 5) is 15.3. The van der Waals surface area contributed by atoms with Crippen LogP contribution in [0.15, 0.2) is 22.6 Å². The van der Waals surface area contributed by atoms with Gasteiger partial charge in [0.15, 0.2) is 11.7 Å². The lowest BCUT2D eigenvalue weighted by atomic mass is 10.2. The number of carboxylic acids is 1. The van der Waals surface area contributed by atoms with Crippen molar-refractivity contribution >= 4 is 17.1 Å². The molecule has 1 aromatic heterocycles. The lowest BCUT2D eigenvalue weighted by molar-refractivity contribution is -0.0991. The molecule has 0 spiro atoms. The normalized spacial score (nSPS) is 20.1. The minimum Gasteiger partial charge on any atom is -0.478 e. The molecule has 1 N–H and O–H groups in total. The van der Waals surface area contributed by atoms with Crippen LogP contribution in [-0.4, -0.2) is 35.9 Å². The summed E-state index contributed by atoms with van der Waals surface area (Å²) in [5, 5.41) is 9.06. The molecule has 1 aliphatic heterocycles. The van der Waals surface area contributed by atoms with Crippen LogP contribution in [0.2, 0.25) is 0 Å². The molecule has 18 heavy (non-hydrogen) atoms. The molecule has 6 nitrogen and oxygen atoms in total. The van der Waals surface area contributed by atoms with Gasteiger partial charge in [0.25, 0.3) is 0 Å². The van der Waals surface area contributed by atoms with Gasteiger partial charge in [-0.3, -0.25) is 0 Å². The van der Waals surface area contributed by atoms with Crippen LogP contribution in [0.1, 0.15) is 22.4 Å². The second-order valence-corrected chi connectivity index (χ2v) is 3.94. The largest absolute Gasteiger partial charge is 0.478 e. The number of oxazole rings is 1. The fourth-order valence-corrected chi connectivity index (χ4v) is 1.91. The van der Waals surface area contributed by atoms with E-state index in [0.717, 1.165) is 0 Å². The van der Waals surface area contributed by atoms with Gasteiger partial charge in [0.1, 0.15) is 5.52 Å². The van der Waals surface area contributed by atoms with E-state index >= 15 is 0 Å². The average Bonchev–Trinajstić information content (AvgIpc) is 2.83. The molecule has 0 amide bonds. The number of hydrogen-bond acceptors (Lipinski definition) is 5. The highest BCUT2D eigenvalue weighted by molar-refractivity contribution is 6.00. The zero-order chi connectivity index (χ0) is 12.5. The molecule has 1 aliphatic rings. The van der Waals surface area contributed by atoms with E-state index in [-0.39, 0.29) is 11.7 Å². The number of aromatic carboxylic acids is 1. The van der Waals surface area contributed by atoms with Gasteiger partial charge in [-0.05, 0) is 12.1 Å². The van der Waals surface area contributed by atoms with Crippen LogP contribution in [-0.2, 0) is 9.47 Å². The van der Waals surface area contributed by atoms with Gasteiger partial charge in [-0.25, -0.2) is 9.78 Å². The molecule has 1 fully saturated rings. The standard InChI is InChI=1S/C12H11NO5/c14-12(15)7-2-1-3-8-10(7)13-11(18-8)9-6-16-4-5-17-9/h1-3,9H,4-6H2,(H,14,15). The van der Waals surface area contributed by atoms with Crippen molar-refractivity contribution in [3.63, 3.8) is 0 Å². The lowest BCUT2D eigenvalue weighted by Gasteiger charge is -2.19. The number of hydrogen-bond donors (Lipinski definition) is 1. The Morgan fingerprint density at radius 3 is 3.00 bits per heavy atom. The number of para-hydroxylation sites is 1. The number of rotatable bonds is 2. The van der Waals surface area contributed by atoms with Crippen molar-refractivity contribution in [2.24, 2.45) is 0 Å². The second-order valence-electron chi connectivity index (χ2n) is 3.94. The molecule has 1 unspecified atom stereocenters. The molecule has 3 rings (SSSR count). The van der Waals surface area contributed by atoms with E-state index in [1.165, 1.54) is 6.07 Å². The molecule has 0 radical (unpaired) electrons. The van der Waals surface area contributed by atoms with E-state index in [1.54, 1.807) is 12.1 Å². The summed E-state index contributed by atoms with van der Waals surface area (Å²) in [7, 11) is 0. The maximum atomic E-state index is 11.1. The molecule has 2 heterocycles. The summed E-state index contributed by atoms with van der Waals surface area (Å²) < 4.78 is 16.3. The first-order chi connectivity index (χ1) is 8.75. The summed E-state index contributed by atoms with van der Waals surface area (Å²) >= 11 is 0. The number of benzene rings is 1. The number of fused-ring (bicyclic) bond motifs is 1. The molecule has 6 heteroatoms. The highest BCUT2D eigenvalue weighted by Crippen LogP contribution is 2.26. The van der Waals surface area contributed by atoms with Gasteiger partial charge >= 0.3 is 5.97 Å². The molecular weight excluding hydrogens is 238 g/mol. The molecule has 0 saturated carbocycles. The summed E-state index contributed by atoms with van der Waals surface area (Å²) in [5.74, 6) is -0.667. The fourth-order valence-electron chi connectivity index (χ4n) is 1.91. The van der Waals surface area contributed by atoms with Crippen molar-refractivity contribution in [2.45, 2.75) is 6.10 Å². The van der Waals surface area contributed by atoms with Crippen molar-refractivity contribution in [1.29, 1.82) is 0 Å². The zero-order valence-corrected chi connectivity index (χ0v) is 9.46. The maximum absolute atomic E-state index is 11.1. The monoisotopic (exact) mass is 249 g/mol. The quantitative estimate of drug-likeness (QED) is 0.870. The minimum absolute atomic E-state index is 0.124. The Morgan fingerprint density at radius 2 is 2.28 bits per heavy atom. The van der Waals surface area contributed by atoms with Crippen LogP contribution in [0.25, 0.3) is 11.1 Å². The van der Waals surface area contributed by atoms with E-state index < -0.39 is 5.97 Å². The summed E-state index contributed by atoms with van der Waals surface area (Å²) in [5.41, 5.74) is 0.910. The molecule has 2 aromatic rings. The maximum Gasteiger partial charge on any atom is 0.338 e. The third-order valence-electron chi connectivity index (χ3n) is 2.76. The second kappa shape index (κ2) is 4.40. The number of nitrogens with zero attached hydrogens (tertiary/aromatic N) is 1. The van der Waals surface area contributed by atoms with Crippen molar-refractivity contribution in [3.8, 4) is 0 Å². The van der Waals surface area contributed by atoms with Crippen LogP contribution in [0.5, 0.6) is 0 Å². The minimum atomic E-state index is -1.03. The van der Waals surface area contributed by atoms with E-state index in [4.69, 9.17) is 19.0 Å². The Hall–Kier alpha value is -1.92. The van der Waals surface area contributed by atoms with E-state index in [0.29, 0.717) is 36.8 Å². The van der Waals surface area contributed by atoms with Crippen LogP contribution in [0, 0.1) is 0 Å². The lowest BCUT2D eigenvalue weighted by Crippen LogP contribution is -2.22. The average molecular weight is 249 g/mol. The van der Waals surface area contributed by atoms with Gasteiger partial charge < -0.3 is 19.0 Å². The van der Waals surface area contributed by atoms with Gasteiger partial charge in [-0.15, -0.1) is 0 Å². The molecule has 1 saturated heterocycles. The zero-order valence-electron chi connectivity index (χ0n) is 9.46. The smallest absolute Gasteiger partial charge is 0.338 e. The Morgan fingerprint density at radius 1 is 1.39 bits per heavy atom. The van der Waals surface area contributed by atoms with Gasteiger partial charge in [-0.2, -0.15) is 0 Å². The Kier molecular flexibility index (Phi) is 2.73. The Balaban J connectivity index is 2.04. The van der Waals surface area contributed by atoms with Gasteiger partial charge in [-0.1, -0.05) is 6.07 Å². The van der Waals surface area contributed by atoms with Crippen molar-refractivity contribution in [2.75, 3.05) is 19.8 Å². The number of aromatic nitrogens is 1. The SMILES string of the molecule is O=C(O)c1cccc2oc(C3COCCO3)nc12. The van der Waals surface area contributed by atoms with Crippen molar-refractivity contribution < 1.29 is 23.8 Å². The van der Waals surface area contributed by atoms with E-state index in [9.17, 15) is 4.79 Å². The molecule has 1 atom stereocenters. The van der Waals surface area contributed by atoms with Gasteiger partial charge in [0.2, 0.25) is 5.89 Å². The Bertz CT molecular complexity index is 585. The van der Waals surface area contributed by atoms with Crippen LogP contribution in [0.3, 0.4) is 0 Å². The molecule has 94 valence electrons. The first-order valence-electron chi connectivity index (χ1n) is 5.58. The molecule has 0 aliphatic carbocycles. The summed E-state index contributed by atoms with van der Waals surface area (Å²) in [6.45, 7) is 1.40.